The smallest absolute Gasteiger partial charge is 0.248 e. The molecule has 0 aliphatic rings. The quantitative estimate of drug-likeness (QED) is 0.806. The number of amides is 1. The molecule has 1 rings (SSSR count). The van der Waals surface area contributed by atoms with Crippen LogP contribution in [-0.2, 0) is 5.75 Å². The Bertz CT molecular complexity index is 327. The molecule has 1 aromatic rings. The molecule has 0 heterocycles. The van der Waals surface area contributed by atoms with Crippen LogP contribution in [0.4, 0.5) is 4.39 Å². The molecule has 70 valence electrons. The van der Waals surface area contributed by atoms with Gasteiger partial charge in [-0.25, -0.2) is 4.39 Å². The second-order valence-corrected chi connectivity index (χ2v) is 3.47. The molecule has 0 unspecified atom stereocenters. The summed E-state index contributed by atoms with van der Waals surface area (Å²) in [6.07, 6.45) is 1.87. The Labute approximate surface area is 80.3 Å². The molecule has 1 amide bonds. The first kappa shape index (κ1) is 10.1. The summed E-state index contributed by atoms with van der Waals surface area (Å²) in [6.45, 7) is 0. The van der Waals surface area contributed by atoms with E-state index >= 15 is 0 Å². The number of rotatable bonds is 3. The molecule has 0 saturated carbocycles. The van der Waals surface area contributed by atoms with Gasteiger partial charge < -0.3 is 5.73 Å². The number of hydrogen-bond acceptors (Lipinski definition) is 2. The van der Waals surface area contributed by atoms with E-state index in [9.17, 15) is 9.18 Å². The second-order valence-electron chi connectivity index (χ2n) is 2.60. The normalized spacial score (nSPS) is 10.0. The number of benzene rings is 1. The minimum atomic E-state index is -0.526. The van der Waals surface area contributed by atoms with E-state index < -0.39 is 5.91 Å². The summed E-state index contributed by atoms with van der Waals surface area (Å²) in [5, 5.41) is 0. The van der Waals surface area contributed by atoms with Crippen molar-refractivity contribution in [2.24, 2.45) is 5.73 Å². The minimum absolute atomic E-state index is 0.292. The Morgan fingerprint density at radius 2 is 2.31 bits per heavy atom. The molecule has 0 radical (unpaired) electrons. The summed E-state index contributed by atoms with van der Waals surface area (Å²) in [4.78, 5) is 10.8. The Morgan fingerprint density at radius 1 is 1.62 bits per heavy atom. The molecule has 0 aromatic heterocycles. The fourth-order valence-electron chi connectivity index (χ4n) is 0.994. The number of halogens is 1. The van der Waals surface area contributed by atoms with Crippen LogP contribution >= 0.6 is 11.8 Å². The third-order valence-electron chi connectivity index (χ3n) is 1.63. The van der Waals surface area contributed by atoms with E-state index in [2.05, 4.69) is 0 Å². The highest BCUT2D eigenvalue weighted by atomic mass is 32.2. The molecule has 0 spiro atoms. The maximum absolute atomic E-state index is 13.1. The summed E-state index contributed by atoms with van der Waals surface area (Å²) in [5.41, 5.74) is 5.93. The van der Waals surface area contributed by atoms with Crippen molar-refractivity contribution in [1.82, 2.24) is 0 Å². The summed E-state index contributed by atoms with van der Waals surface area (Å²) in [7, 11) is 0. The van der Waals surface area contributed by atoms with Gasteiger partial charge in [-0.15, -0.1) is 0 Å². The van der Waals surface area contributed by atoms with Crippen molar-refractivity contribution in [3.05, 3.63) is 35.1 Å². The van der Waals surface area contributed by atoms with Crippen molar-refractivity contribution in [1.29, 1.82) is 0 Å². The largest absolute Gasteiger partial charge is 0.366 e. The first-order valence-corrected chi connectivity index (χ1v) is 5.11. The second kappa shape index (κ2) is 4.28. The van der Waals surface area contributed by atoms with Crippen LogP contribution in [-0.4, -0.2) is 12.2 Å². The lowest BCUT2D eigenvalue weighted by Crippen LogP contribution is -2.11. The molecule has 1 aromatic carbocycles. The first-order valence-electron chi connectivity index (χ1n) is 3.72. The zero-order chi connectivity index (χ0) is 9.84. The van der Waals surface area contributed by atoms with Crippen LogP contribution in [0.2, 0.25) is 0 Å². The summed E-state index contributed by atoms with van der Waals surface area (Å²) in [5.74, 6) is -0.269. The van der Waals surface area contributed by atoms with Gasteiger partial charge in [-0.2, -0.15) is 11.8 Å². The van der Waals surface area contributed by atoms with Crippen LogP contribution in [0.1, 0.15) is 15.9 Å². The third kappa shape index (κ3) is 2.45. The fraction of sp³-hybridized carbons (Fsp3) is 0.222. The van der Waals surface area contributed by atoms with Gasteiger partial charge in [0.05, 0.1) is 0 Å². The Morgan fingerprint density at radius 3 is 2.85 bits per heavy atom. The van der Waals surface area contributed by atoms with Gasteiger partial charge in [0.2, 0.25) is 5.91 Å². The van der Waals surface area contributed by atoms with Crippen LogP contribution in [0.25, 0.3) is 0 Å². The molecule has 2 N–H and O–H groups in total. The monoisotopic (exact) mass is 199 g/mol. The van der Waals surface area contributed by atoms with Gasteiger partial charge in [0.1, 0.15) is 5.82 Å². The molecular weight excluding hydrogens is 189 g/mol. The molecule has 0 bridgehead atoms. The van der Waals surface area contributed by atoms with Crippen molar-refractivity contribution >= 4 is 17.7 Å². The van der Waals surface area contributed by atoms with E-state index in [4.69, 9.17) is 5.73 Å². The third-order valence-corrected chi connectivity index (χ3v) is 2.23. The number of primary amides is 1. The summed E-state index contributed by atoms with van der Waals surface area (Å²) >= 11 is 1.50. The van der Waals surface area contributed by atoms with E-state index in [1.54, 1.807) is 0 Å². The molecule has 13 heavy (non-hydrogen) atoms. The van der Waals surface area contributed by atoms with Crippen molar-refractivity contribution < 1.29 is 9.18 Å². The number of hydrogen-bond donors (Lipinski definition) is 1. The molecule has 4 heteroatoms. The maximum atomic E-state index is 13.1. The van der Waals surface area contributed by atoms with Crippen molar-refractivity contribution in [2.45, 2.75) is 5.75 Å². The minimum Gasteiger partial charge on any atom is -0.366 e. The summed E-state index contributed by atoms with van der Waals surface area (Å²) < 4.78 is 13.1. The Kier molecular flexibility index (Phi) is 3.31. The highest BCUT2D eigenvalue weighted by molar-refractivity contribution is 7.97. The SMILES string of the molecule is CSCc1cc(C(N)=O)ccc1F. The molecule has 0 aliphatic carbocycles. The van der Waals surface area contributed by atoms with Gasteiger partial charge in [-0.1, -0.05) is 0 Å². The number of carbonyl (C=O) groups excluding carboxylic acids is 1. The van der Waals surface area contributed by atoms with Crippen LogP contribution in [0.15, 0.2) is 18.2 Å². The predicted molar refractivity (Wildman–Crippen MR) is 52.1 cm³/mol. The lowest BCUT2D eigenvalue weighted by Gasteiger charge is -2.02. The molecule has 0 saturated heterocycles. The zero-order valence-corrected chi connectivity index (χ0v) is 8.03. The van der Waals surface area contributed by atoms with E-state index in [0.717, 1.165) is 0 Å². The average molecular weight is 199 g/mol. The van der Waals surface area contributed by atoms with Crippen LogP contribution in [0.3, 0.4) is 0 Å². The van der Waals surface area contributed by atoms with Crippen LogP contribution in [0, 0.1) is 5.82 Å². The Hall–Kier alpha value is -1.03. The van der Waals surface area contributed by atoms with Crippen molar-refractivity contribution in [3.63, 3.8) is 0 Å². The molecule has 2 nitrogen and oxygen atoms in total. The lowest BCUT2D eigenvalue weighted by atomic mass is 10.1. The van der Waals surface area contributed by atoms with Gasteiger partial charge in [0.25, 0.3) is 0 Å². The Balaban J connectivity index is 3.03. The first-order chi connectivity index (χ1) is 6.15. The van der Waals surface area contributed by atoms with Gasteiger partial charge in [-0.3, -0.25) is 4.79 Å². The molecule has 0 atom stereocenters. The predicted octanol–water partition coefficient (Wildman–Crippen LogP) is 1.79. The maximum Gasteiger partial charge on any atom is 0.248 e. The zero-order valence-electron chi connectivity index (χ0n) is 7.21. The van der Waals surface area contributed by atoms with Crippen molar-refractivity contribution in [3.8, 4) is 0 Å². The topological polar surface area (TPSA) is 43.1 Å². The highest BCUT2D eigenvalue weighted by Crippen LogP contribution is 2.15. The summed E-state index contributed by atoms with van der Waals surface area (Å²) in [6, 6.07) is 4.15. The van der Waals surface area contributed by atoms with E-state index in [-0.39, 0.29) is 5.82 Å². The van der Waals surface area contributed by atoms with Gasteiger partial charge in [-0.05, 0) is 30.0 Å². The number of thioether (sulfide) groups is 1. The number of nitrogens with two attached hydrogens (primary N) is 1. The standard InChI is InChI=1S/C9H10FNOS/c1-13-5-7-4-6(9(11)12)2-3-8(7)10/h2-4H,5H2,1H3,(H2,11,12). The lowest BCUT2D eigenvalue weighted by molar-refractivity contribution is 0.1000. The highest BCUT2D eigenvalue weighted by Gasteiger charge is 2.05. The van der Waals surface area contributed by atoms with Gasteiger partial charge in [0, 0.05) is 11.3 Å². The average Bonchev–Trinajstić information content (AvgIpc) is 2.08. The fourth-order valence-corrected chi connectivity index (χ4v) is 1.53. The van der Waals surface area contributed by atoms with Gasteiger partial charge in [0.15, 0.2) is 0 Å². The van der Waals surface area contributed by atoms with E-state index in [0.29, 0.717) is 16.9 Å². The van der Waals surface area contributed by atoms with E-state index in [1.807, 2.05) is 6.26 Å². The van der Waals surface area contributed by atoms with Crippen LogP contribution < -0.4 is 5.73 Å². The molecule has 0 aliphatic heterocycles. The molecule has 0 fully saturated rings. The van der Waals surface area contributed by atoms with Crippen LogP contribution in [0.5, 0.6) is 0 Å². The molecular formula is C9H10FNOS. The van der Waals surface area contributed by atoms with Crippen molar-refractivity contribution in [2.75, 3.05) is 6.26 Å². The van der Waals surface area contributed by atoms with E-state index in [1.165, 1.54) is 30.0 Å². The van der Waals surface area contributed by atoms with Gasteiger partial charge >= 0.3 is 0 Å². The number of carbonyl (C=O) groups is 1.